The molecule has 6 aliphatic heterocycles. The van der Waals surface area contributed by atoms with Crippen LogP contribution in [0.3, 0.4) is 0 Å². The molecule has 6 aliphatic rings. The van der Waals surface area contributed by atoms with Gasteiger partial charge in [0.05, 0.1) is 26.3 Å². The SMILES string of the molecule is CB(O)NC1CCN(S(=O)(=O)c2ccc3c(c2)CCO3)CC1.CB(O)NC1CCNCC1.Cc1ccc2nc(-c3ccncc3Cl)n(C3CCN(S(=O)(=O)c4ccc5c(c4)OCO5)CC3)c2n1.O=S(=O)(Cl)c1ccc2c(c1)OCO2.[H-].[Na+]. The van der Waals surface area contributed by atoms with E-state index in [4.69, 9.17) is 61.0 Å². The number of aromatic nitrogens is 4. The van der Waals surface area contributed by atoms with Crippen molar-refractivity contribution in [2.75, 3.05) is 59.5 Å². The molecule has 30 heteroatoms. The van der Waals surface area contributed by atoms with Gasteiger partial charge in [-0.2, -0.15) is 8.61 Å². The Bertz CT molecular complexity index is 3510. The predicted octanol–water partition coefficient (Wildman–Crippen LogP) is 2.58. The third-order valence-corrected chi connectivity index (χ3v) is 19.6. The Morgan fingerprint density at radius 2 is 1.20 bits per heavy atom. The summed E-state index contributed by atoms with van der Waals surface area (Å²) in [5.41, 5.74) is 4.16. The maximum absolute atomic E-state index is 13.3. The molecule has 0 saturated carbocycles. The summed E-state index contributed by atoms with van der Waals surface area (Å²) >= 11 is 6.48. The zero-order valence-electron chi connectivity index (χ0n) is 46.3. The molecule has 3 aromatic heterocycles. The summed E-state index contributed by atoms with van der Waals surface area (Å²) in [4.78, 5) is 14.3. The molecule has 5 N–H and O–H groups in total. The monoisotopic (exact) mass is 1220 g/mol. The number of hydrogen-bond acceptors (Lipinski definition) is 19. The van der Waals surface area contributed by atoms with Crippen LogP contribution in [0.4, 0.5) is 0 Å². The first-order chi connectivity index (χ1) is 38.2. The van der Waals surface area contributed by atoms with Gasteiger partial charge in [0, 0.05) is 97.2 Å². The van der Waals surface area contributed by atoms with Gasteiger partial charge in [0.2, 0.25) is 33.6 Å². The van der Waals surface area contributed by atoms with Crippen LogP contribution in [-0.2, 0) is 35.5 Å². The van der Waals surface area contributed by atoms with Gasteiger partial charge in [0.15, 0.2) is 28.6 Å². The molecule has 6 aromatic rings. The van der Waals surface area contributed by atoms with Gasteiger partial charge in [-0.15, -0.1) is 0 Å². The second-order valence-electron chi connectivity index (χ2n) is 19.8. The van der Waals surface area contributed by atoms with Crippen molar-refractivity contribution < 1.29 is 90.0 Å². The fourth-order valence-corrected chi connectivity index (χ4v) is 14.1. The van der Waals surface area contributed by atoms with Crippen LogP contribution >= 0.6 is 22.3 Å². The minimum Gasteiger partial charge on any atom is -1.00 e. The zero-order chi connectivity index (χ0) is 56.8. The number of benzene rings is 3. The summed E-state index contributed by atoms with van der Waals surface area (Å²) in [6, 6.07) is 20.5. The predicted molar refractivity (Wildman–Crippen MR) is 304 cm³/mol. The van der Waals surface area contributed by atoms with Crippen LogP contribution < -0.4 is 69.0 Å². The maximum atomic E-state index is 13.3. The van der Waals surface area contributed by atoms with Crippen molar-refractivity contribution in [1.29, 1.82) is 0 Å². The van der Waals surface area contributed by atoms with Crippen LogP contribution in [0.25, 0.3) is 22.6 Å². The molecule has 9 heterocycles. The number of sulfonamides is 2. The molecular formula is C51H64B2Cl2N9NaO13S3. The Kier molecular flexibility index (Phi) is 21.4. The Labute approximate surface area is 506 Å². The molecule has 81 heavy (non-hydrogen) atoms. The number of fused-ring (bicyclic) bond motifs is 4. The minimum atomic E-state index is -3.69. The molecule has 0 amide bonds. The van der Waals surface area contributed by atoms with Crippen molar-refractivity contribution in [2.24, 2.45) is 0 Å². The number of pyridine rings is 2. The molecule has 0 atom stereocenters. The smallest absolute Gasteiger partial charge is 1.00 e. The summed E-state index contributed by atoms with van der Waals surface area (Å²) in [5, 5.41) is 28.2. The maximum Gasteiger partial charge on any atom is 1.00 e. The van der Waals surface area contributed by atoms with E-state index in [1.54, 1.807) is 56.4 Å². The number of imidazole rings is 1. The number of aryl methyl sites for hydroxylation is 1. The second kappa shape index (κ2) is 27.6. The number of nitrogens with one attached hydrogen (secondary N) is 3. The van der Waals surface area contributed by atoms with Gasteiger partial charge >= 0.3 is 43.7 Å². The fourth-order valence-electron chi connectivity index (χ4n) is 10.1. The third-order valence-electron chi connectivity index (χ3n) is 14.1. The topological polar surface area (TPSA) is 275 Å². The minimum absolute atomic E-state index is 0. The van der Waals surface area contributed by atoms with Crippen molar-refractivity contribution in [1.82, 2.24) is 43.9 Å². The van der Waals surface area contributed by atoms with E-state index >= 15 is 0 Å². The van der Waals surface area contributed by atoms with Crippen molar-refractivity contribution in [3.63, 3.8) is 0 Å². The molecule has 0 radical (unpaired) electrons. The number of ether oxygens (including phenoxy) is 5. The van der Waals surface area contributed by atoms with Crippen LogP contribution in [0.2, 0.25) is 18.7 Å². The molecule has 0 spiro atoms. The van der Waals surface area contributed by atoms with Gasteiger partial charge in [-0.05, 0) is 138 Å². The summed E-state index contributed by atoms with van der Waals surface area (Å²) < 4.78 is 105. The largest absolute Gasteiger partial charge is 1.00 e. The quantitative estimate of drug-likeness (QED) is 0.0921. The Morgan fingerprint density at radius 3 is 1.78 bits per heavy atom. The normalized spacial score (nSPS) is 17.5. The number of rotatable bonds is 11. The fraction of sp³-hybridized carbons (Fsp3) is 0.431. The van der Waals surface area contributed by atoms with E-state index in [2.05, 4.69) is 25.3 Å². The van der Waals surface area contributed by atoms with E-state index in [1.165, 1.54) is 32.9 Å². The van der Waals surface area contributed by atoms with Crippen molar-refractivity contribution in [3.8, 4) is 40.1 Å². The first-order valence-corrected chi connectivity index (χ1v) is 31.9. The number of piperidine rings is 3. The summed E-state index contributed by atoms with van der Waals surface area (Å²) in [7, 11) is -6.59. The Balaban J connectivity index is 0.000000175. The van der Waals surface area contributed by atoms with E-state index in [9.17, 15) is 30.3 Å². The standard InChI is InChI=1S/C24H22ClN5O4S.C14H21BN2O4S.C7H5ClO4S.C6H15BN2O.Na.H/c1-15-2-4-20-24(27-15)30(23(28-20)18-6-9-26-13-19(18)25)16-7-10-29(11-8-16)35(31,32)17-3-5-21-22(12-17)34-14-33-21;1-15(18)16-12-4-7-17(8-5-12)22(19,20)13-2-3-14-11(10-13)6-9-21-14;8-13(9,10)5-1-2-6-7(3-5)12-4-11-6;1-7(10)9-6-2-4-8-5-3-6;;/h2-6,9,12-13,16H,7-8,10-11,14H2,1H3;2-3,10,12,16,18H,4-9H2,1H3;1-3H,4H2;6,8-10H,2-5H2,1H3;;/q;;;;+1;-1. The van der Waals surface area contributed by atoms with Crippen LogP contribution in [-0.4, -0.2) is 149 Å². The van der Waals surface area contributed by atoms with Crippen LogP contribution in [0, 0.1) is 6.92 Å². The van der Waals surface area contributed by atoms with E-state index in [1.807, 2.05) is 25.1 Å². The van der Waals surface area contributed by atoms with Crippen LogP contribution in [0.5, 0.6) is 28.7 Å². The molecule has 12 rings (SSSR count). The van der Waals surface area contributed by atoms with E-state index in [0.717, 1.165) is 66.1 Å². The molecule has 3 fully saturated rings. The van der Waals surface area contributed by atoms with Gasteiger partial charge in [-0.25, -0.2) is 35.2 Å². The Hall–Kier alpha value is -4.29. The van der Waals surface area contributed by atoms with Crippen LogP contribution in [0.15, 0.2) is 99.9 Å². The molecule has 430 valence electrons. The molecule has 3 saturated heterocycles. The summed E-state index contributed by atoms with van der Waals surface area (Å²) in [6.45, 7) is 10.0. The first-order valence-electron chi connectivity index (χ1n) is 26.3. The van der Waals surface area contributed by atoms with Crippen LogP contribution in [0.1, 0.15) is 57.3 Å². The van der Waals surface area contributed by atoms with E-state index < -0.39 is 36.1 Å². The molecule has 0 aliphatic carbocycles. The van der Waals surface area contributed by atoms with Gasteiger partial charge in [-0.3, -0.25) is 4.98 Å². The average molecular weight is 1220 g/mol. The zero-order valence-corrected chi connectivity index (χ0v) is 51.3. The van der Waals surface area contributed by atoms with Gasteiger partial charge in [-0.1, -0.05) is 11.6 Å². The third kappa shape index (κ3) is 15.5. The summed E-state index contributed by atoms with van der Waals surface area (Å²) in [6.07, 6.45) is 8.94. The average Bonchev–Trinajstić information content (AvgIpc) is 4.39. The Morgan fingerprint density at radius 1 is 0.667 bits per heavy atom. The molecular weight excluding hydrogens is 1160 g/mol. The van der Waals surface area contributed by atoms with Crippen molar-refractivity contribution in [2.45, 2.75) is 98.3 Å². The first kappa shape index (κ1) is 62.7. The van der Waals surface area contributed by atoms with Crippen molar-refractivity contribution in [3.05, 3.63) is 101 Å². The number of halogens is 2. The number of nitrogens with zero attached hydrogens (tertiary/aromatic N) is 6. The molecule has 3 aromatic carbocycles. The van der Waals surface area contributed by atoms with Gasteiger partial charge in [0.1, 0.15) is 17.1 Å². The van der Waals surface area contributed by atoms with Gasteiger partial charge < -0.3 is 55.5 Å². The molecule has 0 unspecified atom stereocenters. The van der Waals surface area contributed by atoms with Gasteiger partial charge in [0.25, 0.3) is 9.05 Å². The molecule has 22 nitrogen and oxygen atoms in total. The molecule has 0 bridgehead atoms. The summed E-state index contributed by atoms with van der Waals surface area (Å²) in [5.74, 6) is 3.44. The van der Waals surface area contributed by atoms with Crippen molar-refractivity contribution >= 4 is 76.6 Å². The second-order valence-corrected chi connectivity index (χ2v) is 26.7. The van der Waals surface area contributed by atoms with E-state index in [-0.39, 0.29) is 73.5 Å². The van der Waals surface area contributed by atoms with E-state index in [0.29, 0.717) is 103 Å². The number of hydrogen-bond donors (Lipinski definition) is 5.